The fourth-order valence-electron chi connectivity index (χ4n) is 1.22. The summed E-state index contributed by atoms with van der Waals surface area (Å²) < 4.78 is 37.9. The highest BCUT2D eigenvalue weighted by molar-refractivity contribution is 5.47. The number of halogens is 3. The van der Waals surface area contributed by atoms with E-state index in [2.05, 4.69) is 15.3 Å². The Kier molecular flexibility index (Phi) is 4.00. The number of nitrogens with zero attached hydrogens (tertiary/aromatic N) is 2. The smallest absolute Gasteiger partial charge is 0.390 e. The minimum Gasteiger partial charge on any atom is -0.390 e. The predicted molar refractivity (Wildman–Crippen MR) is 60.9 cm³/mol. The molecule has 0 spiro atoms. The predicted octanol–water partition coefficient (Wildman–Crippen LogP) is 1.65. The lowest BCUT2D eigenvalue weighted by atomic mass is 10.1. The van der Waals surface area contributed by atoms with Crippen molar-refractivity contribution in [1.29, 1.82) is 0 Å². The SMILES string of the molecule is CC(C)(O)CCNc1nc(N)ncc1C(F)(F)F. The molecular formula is C10H15F3N4O. The number of hydrogen-bond acceptors (Lipinski definition) is 5. The number of rotatable bonds is 4. The Balaban J connectivity index is 2.84. The highest BCUT2D eigenvalue weighted by Crippen LogP contribution is 2.33. The number of nitrogens with two attached hydrogens (primary N) is 1. The number of aromatic nitrogens is 2. The number of hydrogen-bond donors (Lipinski definition) is 3. The van der Waals surface area contributed by atoms with Crippen molar-refractivity contribution in [2.24, 2.45) is 0 Å². The third-order valence-corrected chi connectivity index (χ3v) is 2.14. The second-order valence-electron chi connectivity index (χ2n) is 4.48. The minimum absolute atomic E-state index is 0.142. The van der Waals surface area contributed by atoms with E-state index < -0.39 is 17.3 Å². The summed E-state index contributed by atoms with van der Waals surface area (Å²) in [4.78, 5) is 6.83. The Bertz CT molecular complexity index is 415. The first kappa shape index (κ1) is 14.5. The van der Waals surface area contributed by atoms with Gasteiger partial charge in [-0.05, 0) is 20.3 Å². The molecule has 0 aromatic carbocycles. The van der Waals surface area contributed by atoms with Gasteiger partial charge in [-0.3, -0.25) is 0 Å². The van der Waals surface area contributed by atoms with E-state index in [0.29, 0.717) is 6.20 Å². The molecule has 0 atom stereocenters. The van der Waals surface area contributed by atoms with E-state index in [1.807, 2.05) is 0 Å². The van der Waals surface area contributed by atoms with E-state index in [4.69, 9.17) is 5.73 Å². The molecule has 0 fully saturated rings. The van der Waals surface area contributed by atoms with Crippen LogP contribution in [0.3, 0.4) is 0 Å². The van der Waals surface area contributed by atoms with Gasteiger partial charge in [-0.25, -0.2) is 4.98 Å². The van der Waals surface area contributed by atoms with Gasteiger partial charge in [-0.1, -0.05) is 0 Å². The first-order valence-corrected chi connectivity index (χ1v) is 5.25. The summed E-state index contributed by atoms with van der Waals surface area (Å²) in [5.41, 5.74) is 3.30. The van der Waals surface area contributed by atoms with Crippen LogP contribution < -0.4 is 11.1 Å². The maximum atomic E-state index is 12.6. The topological polar surface area (TPSA) is 84.1 Å². The van der Waals surface area contributed by atoms with Gasteiger partial charge in [0, 0.05) is 12.7 Å². The van der Waals surface area contributed by atoms with Gasteiger partial charge in [-0.2, -0.15) is 18.2 Å². The quantitative estimate of drug-likeness (QED) is 0.770. The van der Waals surface area contributed by atoms with Crippen molar-refractivity contribution < 1.29 is 18.3 Å². The summed E-state index contributed by atoms with van der Waals surface area (Å²) in [6.07, 6.45) is -3.65. The van der Waals surface area contributed by atoms with E-state index >= 15 is 0 Å². The van der Waals surface area contributed by atoms with Crippen molar-refractivity contribution in [2.45, 2.75) is 32.0 Å². The van der Waals surface area contributed by atoms with Gasteiger partial charge < -0.3 is 16.2 Å². The molecule has 0 aliphatic heterocycles. The Hall–Kier alpha value is -1.57. The third-order valence-electron chi connectivity index (χ3n) is 2.14. The number of nitrogens with one attached hydrogen (secondary N) is 1. The standard InChI is InChI=1S/C10H15F3N4O/c1-9(2,18)3-4-15-7-6(10(11,12)13)5-16-8(14)17-7/h5,18H,3-4H2,1-2H3,(H3,14,15,16,17). The van der Waals surface area contributed by atoms with Gasteiger partial charge in [0.2, 0.25) is 5.95 Å². The largest absolute Gasteiger partial charge is 0.421 e. The van der Waals surface area contributed by atoms with Crippen molar-refractivity contribution in [2.75, 3.05) is 17.6 Å². The van der Waals surface area contributed by atoms with Crippen molar-refractivity contribution >= 4 is 11.8 Å². The summed E-state index contributed by atoms with van der Waals surface area (Å²) in [6, 6.07) is 0. The fourth-order valence-corrected chi connectivity index (χ4v) is 1.22. The second-order valence-corrected chi connectivity index (χ2v) is 4.48. The second kappa shape index (κ2) is 4.97. The fraction of sp³-hybridized carbons (Fsp3) is 0.600. The Morgan fingerprint density at radius 1 is 1.39 bits per heavy atom. The molecule has 1 aromatic heterocycles. The van der Waals surface area contributed by atoms with Crippen molar-refractivity contribution in [3.8, 4) is 0 Å². The lowest BCUT2D eigenvalue weighted by Crippen LogP contribution is -2.24. The van der Waals surface area contributed by atoms with Crippen LogP contribution in [0, 0.1) is 0 Å². The lowest BCUT2D eigenvalue weighted by molar-refractivity contribution is -0.137. The molecule has 0 amide bonds. The molecule has 0 bridgehead atoms. The number of alkyl halides is 3. The lowest BCUT2D eigenvalue weighted by Gasteiger charge is -2.18. The number of nitrogen functional groups attached to an aromatic ring is 1. The molecule has 0 aliphatic carbocycles. The van der Waals surface area contributed by atoms with Crippen LogP contribution >= 0.6 is 0 Å². The highest BCUT2D eigenvalue weighted by Gasteiger charge is 2.35. The molecule has 0 saturated carbocycles. The zero-order valence-corrected chi connectivity index (χ0v) is 10.0. The Morgan fingerprint density at radius 2 is 2.00 bits per heavy atom. The maximum absolute atomic E-state index is 12.6. The highest BCUT2D eigenvalue weighted by atomic mass is 19.4. The normalized spacial score (nSPS) is 12.6. The van der Waals surface area contributed by atoms with Crippen LogP contribution in [-0.4, -0.2) is 27.2 Å². The Morgan fingerprint density at radius 3 is 2.50 bits per heavy atom. The van der Waals surface area contributed by atoms with E-state index in [9.17, 15) is 18.3 Å². The average Bonchev–Trinajstić information content (AvgIpc) is 2.13. The van der Waals surface area contributed by atoms with Gasteiger partial charge in [0.15, 0.2) is 0 Å². The van der Waals surface area contributed by atoms with Crippen LogP contribution in [0.4, 0.5) is 24.9 Å². The van der Waals surface area contributed by atoms with Crippen molar-refractivity contribution in [3.63, 3.8) is 0 Å². The molecule has 0 aliphatic rings. The van der Waals surface area contributed by atoms with E-state index in [1.54, 1.807) is 13.8 Å². The molecule has 1 heterocycles. The summed E-state index contributed by atoms with van der Waals surface area (Å²) in [7, 11) is 0. The van der Waals surface area contributed by atoms with Crippen LogP contribution in [0.15, 0.2) is 6.20 Å². The average molecular weight is 264 g/mol. The van der Waals surface area contributed by atoms with Gasteiger partial charge in [0.1, 0.15) is 11.4 Å². The first-order chi connectivity index (χ1) is 8.09. The zero-order valence-electron chi connectivity index (χ0n) is 10.0. The molecule has 8 heteroatoms. The van der Waals surface area contributed by atoms with Gasteiger partial charge in [-0.15, -0.1) is 0 Å². The maximum Gasteiger partial charge on any atom is 0.421 e. The monoisotopic (exact) mass is 264 g/mol. The van der Waals surface area contributed by atoms with E-state index in [-0.39, 0.29) is 24.7 Å². The summed E-state index contributed by atoms with van der Waals surface area (Å²) in [5.74, 6) is -0.618. The summed E-state index contributed by atoms with van der Waals surface area (Å²) in [6.45, 7) is 3.27. The summed E-state index contributed by atoms with van der Waals surface area (Å²) in [5, 5.41) is 12.0. The van der Waals surface area contributed by atoms with Crippen LogP contribution in [0.1, 0.15) is 25.8 Å². The third kappa shape index (κ3) is 4.36. The Labute approximate surface area is 102 Å². The van der Waals surface area contributed by atoms with Gasteiger partial charge in [0.25, 0.3) is 0 Å². The van der Waals surface area contributed by atoms with Crippen molar-refractivity contribution in [1.82, 2.24) is 9.97 Å². The molecule has 102 valence electrons. The zero-order chi connectivity index (χ0) is 14.0. The van der Waals surface area contributed by atoms with Gasteiger partial charge in [0.05, 0.1) is 5.60 Å². The molecule has 1 aromatic rings. The molecule has 5 nitrogen and oxygen atoms in total. The number of aliphatic hydroxyl groups is 1. The van der Waals surface area contributed by atoms with Crippen LogP contribution in [0.25, 0.3) is 0 Å². The van der Waals surface area contributed by atoms with E-state index in [1.165, 1.54) is 0 Å². The van der Waals surface area contributed by atoms with Crippen LogP contribution in [0.2, 0.25) is 0 Å². The van der Waals surface area contributed by atoms with Crippen LogP contribution in [-0.2, 0) is 6.18 Å². The summed E-state index contributed by atoms with van der Waals surface area (Å²) >= 11 is 0. The molecule has 4 N–H and O–H groups in total. The number of anilines is 2. The van der Waals surface area contributed by atoms with Gasteiger partial charge >= 0.3 is 6.18 Å². The molecule has 1 rings (SSSR count). The van der Waals surface area contributed by atoms with Crippen LogP contribution in [0.5, 0.6) is 0 Å². The molecule has 0 saturated heterocycles. The molecule has 0 unspecified atom stereocenters. The molecular weight excluding hydrogens is 249 g/mol. The molecule has 18 heavy (non-hydrogen) atoms. The van der Waals surface area contributed by atoms with E-state index in [0.717, 1.165) is 0 Å². The van der Waals surface area contributed by atoms with Crippen molar-refractivity contribution in [3.05, 3.63) is 11.8 Å². The first-order valence-electron chi connectivity index (χ1n) is 5.25. The molecule has 0 radical (unpaired) electrons. The minimum atomic E-state index is -4.55.